The van der Waals surface area contributed by atoms with Gasteiger partial charge in [0.25, 0.3) is 5.91 Å². The number of carbonyl (C=O) groups excluding carboxylic acids is 1. The van der Waals surface area contributed by atoms with Crippen LogP contribution in [-0.2, 0) is 10.0 Å². The van der Waals surface area contributed by atoms with Crippen LogP contribution in [0.5, 0.6) is 0 Å². The van der Waals surface area contributed by atoms with E-state index in [-0.39, 0.29) is 16.8 Å². The highest BCUT2D eigenvalue weighted by Gasteiger charge is 2.20. The molecule has 1 atom stereocenters. The van der Waals surface area contributed by atoms with Crippen LogP contribution >= 0.6 is 0 Å². The molecule has 6 nitrogen and oxygen atoms in total. The molecule has 1 aromatic carbocycles. The molecule has 0 aliphatic heterocycles. The predicted octanol–water partition coefficient (Wildman–Crippen LogP) is 0.911. The summed E-state index contributed by atoms with van der Waals surface area (Å²) in [5, 5.41) is 2.49. The maximum atomic E-state index is 12.3. The molecule has 1 rings (SSSR count). The first-order chi connectivity index (χ1) is 10.2. The van der Waals surface area contributed by atoms with Crippen LogP contribution in [0.4, 0.5) is 0 Å². The van der Waals surface area contributed by atoms with Crippen LogP contribution in [0.2, 0.25) is 0 Å². The maximum Gasteiger partial charge on any atom is 0.251 e. The molecule has 0 aromatic heterocycles. The van der Waals surface area contributed by atoms with Crippen molar-refractivity contribution >= 4 is 15.9 Å². The Morgan fingerprint density at radius 3 is 2.14 bits per heavy atom. The molecular weight excluding hydrogens is 302 g/mol. The number of carbonyl (C=O) groups is 1. The van der Waals surface area contributed by atoms with E-state index in [4.69, 9.17) is 0 Å². The van der Waals surface area contributed by atoms with E-state index < -0.39 is 10.0 Å². The van der Waals surface area contributed by atoms with E-state index in [0.717, 1.165) is 0 Å². The van der Waals surface area contributed by atoms with Crippen LogP contribution in [0.25, 0.3) is 0 Å². The Hall–Kier alpha value is -1.44. The van der Waals surface area contributed by atoms with E-state index in [9.17, 15) is 13.2 Å². The number of hydrogen-bond donors (Lipinski definition) is 2. The zero-order valence-electron chi connectivity index (χ0n) is 13.8. The van der Waals surface area contributed by atoms with Crippen LogP contribution in [0.15, 0.2) is 29.2 Å². The van der Waals surface area contributed by atoms with E-state index in [2.05, 4.69) is 23.9 Å². The van der Waals surface area contributed by atoms with Crippen molar-refractivity contribution in [2.24, 2.45) is 5.92 Å². The highest BCUT2D eigenvalue weighted by molar-refractivity contribution is 7.89. The molecule has 0 saturated heterocycles. The zero-order valence-corrected chi connectivity index (χ0v) is 14.6. The summed E-state index contributed by atoms with van der Waals surface area (Å²) in [6.07, 6.45) is 0. The van der Waals surface area contributed by atoms with E-state index in [1.165, 1.54) is 31.3 Å². The van der Waals surface area contributed by atoms with Gasteiger partial charge in [-0.05, 0) is 44.3 Å². The number of rotatable bonds is 7. The Kier molecular flexibility index (Phi) is 6.52. The lowest BCUT2D eigenvalue weighted by atomic mass is 10.0. The molecule has 0 aliphatic rings. The lowest BCUT2D eigenvalue weighted by Crippen LogP contribution is -2.43. The fraction of sp³-hybridized carbons (Fsp3) is 0.533. The van der Waals surface area contributed by atoms with Gasteiger partial charge in [-0.2, -0.15) is 0 Å². The molecule has 0 radical (unpaired) electrons. The minimum Gasteiger partial charge on any atom is -0.355 e. The van der Waals surface area contributed by atoms with Crippen molar-refractivity contribution in [3.63, 3.8) is 0 Å². The lowest BCUT2D eigenvalue weighted by Gasteiger charge is -2.28. The van der Waals surface area contributed by atoms with Crippen LogP contribution in [0, 0.1) is 5.92 Å². The number of nitrogens with zero attached hydrogens (tertiary/aromatic N) is 1. The third-order valence-electron chi connectivity index (χ3n) is 3.57. The number of hydrogen-bond acceptors (Lipinski definition) is 4. The van der Waals surface area contributed by atoms with Gasteiger partial charge >= 0.3 is 0 Å². The summed E-state index contributed by atoms with van der Waals surface area (Å²) < 4.78 is 27.2. The molecule has 7 heteroatoms. The number of sulfonamides is 1. The fourth-order valence-corrected chi connectivity index (χ4v) is 3.27. The smallest absolute Gasteiger partial charge is 0.251 e. The van der Waals surface area contributed by atoms with Crippen LogP contribution in [0.1, 0.15) is 24.2 Å². The first kappa shape index (κ1) is 18.6. The molecule has 22 heavy (non-hydrogen) atoms. The predicted molar refractivity (Wildman–Crippen MR) is 87.3 cm³/mol. The van der Waals surface area contributed by atoms with Crippen LogP contribution < -0.4 is 10.0 Å². The molecular formula is C15H25N3O3S. The first-order valence-electron chi connectivity index (χ1n) is 7.17. The Morgan fingerprint density at radius 2 is 1.73 bits per heavy atom. The topological polar surface area (TPSA) is 78.5 Å². The largest absolute Gasteiger partial charge is 0.355 e. The Morgan fingerprint density at radius 1 is 1.18 bits per heavy atom. The van der Waals surface area contributed by atoms with Gasteiger partial charge in [0.1, 0.15) is 0 Å². The van der Waals surface area contributed by atoms with Gasteiger partial charge in [-0.1, -0.05) is 13.8 Å². The monoisotopic (exact) mass is 327 g/mol. The Balaban J connectivity index is 2.84. The first-order valence-corrected chi connectivity index (χ1v) is 8.65. The van der Waals surface area contributed by atoms with Crippen molar-refractivity contribution in [1.29, 1.82) is 0 Å². The molecule has 124 valence electrons. The van der Waals surface area contributed by atoms with E-state index in [0.29, 0.717) is 18.0 Å². The van der Waals surface area contributed by atoms with Gasteiger partial charge in [-0.25, -0.2) is 13.1 Å². The van der Waals surface area contributed by atoms with Crippen molar-refractivity contribution in [2.75, 3.05) is 27.7 Å². The summed E-state index contributed by atoms with van der Waals surface area (Å²) in [6.45, 7) is 4.44. The molecule has 0 spiro atoms. The summed E-state index contributed by atoms with van der Waals surface area (Å²) >= 11 is 0. The van der Waals surface area contributed by atoms with E-state index >= 15 is 0 Å². The molecule has 1 unspecified atom stereocenters. The van der Waals surface area contributed by atoms with Gasteiger partial charge in [0.2, 0.25) is 10.0 Å². The third kappa shape index (κ3) is 4.79. The Labute approximate surface area is 132 Å². The second kappa shape index (κ2) is 7.71. The molecule has 1 amide bonds. The number of amides is 1. The molecule has 1 aromatic rings. The van der Waals surface area contributed by atoms with E-state index in [1.54, 1.807) is 0 Å². The van der Waals surface area contributed by atoms with Crippen LogP contribution in [0.3, 0.4) is 0 Å². The summed E-state index contributed by atoms with van der Waals surface area (Å²) in [4.78, 5) is 13.6. The van der Waals surface area contributed by atoms with Crippen molar-refractivity contribution in [2.45, 2.75) is 24.8 Å². The average molecular weight is 327 g/mol. The summed E-state index contributed by atoms with van der Waals surface area (Å²) in [5.74, 6) is 0.0812. The van der Waals surface area contributed by atoms with E-state index in [1.807, 2.05) is 19.0 Å². The highest BCUT2D eigenvalue weighted by Crippen LogP contribution is 2.12. The zero-order chi connectivity index (χ0) is 16.9. The minimum absolute atomic E-state index is 0.111. The molecule has 2 N–H and O–H groups in total. The van der Waals surface area contributed by atoms with Gasteiger partial charge in [0, 0.05) is 25.2 Å². The van der Waals surface area contributed by atoms with Gasteiger partial charge in [-0.15, -0.1) is 0 Å². The van der Waals surface area contributed by atoms with Crippen molar-refractivity contribution < 1.29 is 13.2 Å². The molecule has 0 saturated carbocycles. The number of benzene rings is 1. The van der Waals surface area contributed by atoms with Crippen molar-refractivity contribution in [3.05, 3.63) is 29.8 Å². The van der Waals surface area contributed by atoms with Crippen molar-refractivity contribution in [1.82, 2.24) is 14.9 Å². The second-order valence-electron chi connectivity index (χ2n) is 5.73. The summed E-state index contributed by atoms with van der Waals surface area (Å²) in [6, 6.07) is 5.98. The number of likely N-dealkylation sites (N-methyl/N-ethyl adjacent to an activating group) is 1. The Bertz CT molecular complexity index is 587. The van der Waals surface area contributed by atoms with Gasteiger partial charge in [0.15, 0.2) is 0 Å². The molecule has 0 aliphatic carbocycles. The fourth-order valence-electron chi connectivity index (χ4n) is 2.22. The quantitative estimate of drug-likeness (QED) is 0.780. The highest BCUT2D eigenvalue weighted by atomic mass is 32.2. The maximum absolute atomic E-state index is 12.3. The molecule has 0 bridgehead atoms. The normalized spacial score (nSPS) is 13.4. The summed E-state index contributed by atoms with van der Waals surface area (Å²) in [7, 11) is 1.81. The van der Waals surface area contributed by atoms with Crippen LogP contribution in [-0.4, -0.2) is 53.0 Å². The average Bonchev–Trinajstić information content (AvgIpc) is 2.45. The minimum atomic E-state index is -3.58. The van der Waals surface area contributed by atoms with Gasteiger partial charge in [0.05, 0.1) is 4.90 Å². The number of nitrogens with one attached hydrogen (secondary N) is 2. The summed E-state index contributed by atoms with van der Waals surface area (Å²) in [5.41, 5.74) is 0.426. The standard InChI is InChI=1S/C15H25N3O3S/c1-11(2)14(18(4)5)10-17-22(20,21)13-8-6-12(7-9-13)15(19)16-3/h6-9,11,14,17H,10H2,1-5H3,(H,16,19). The second-order valence-corrected chi connectivity index (χ2v) is 7.50. The molecule has 0 fully saturated rings. The SMILES string of the molecule is CNC(=O)c1ccc(S(=O)(=O)NCC(C(C)C)N(C)C)cc1. The third-order valence-corrected chi connectivity index (χ3v) is 5.01. The van der Waals surface area contributed by atoms with Crippen molar-refractivity contribution in [3.8, 4) is 0 Å². The molecule has 0 heterocycles. The van der Waals surface area contributed by atoms with Gasteiger partial charge < -0.3 is 10.2 Å². The van der Waals surface area contributed by atoms with Gasteiger partial charge in [-0.3, -0.25) is 4.79 Å². The lowest BCUT2D eigenvalue weighted by molar-refractivity contribution is 0.0963.